The largest absolute Gasteiger partial charge is 0.463 e. The van der Waals surface area contributed by atoms with Crippen molar-refractivity contribution in [1.82, 2.24) is 4.90 Å². The summed E-state index contributed by atoms with van der Waals surface area (Å²) in [5, 5.41) is 0.365. The molecule has 0 saturated heterocycles. The highest BCUT2D eigenvalue weighted by Crippen LogP contribution is 2.31. The molecule has 29 heavy (non-hydrogen) atoms. The number of alkyl halides is 3. The van der Waals surface area contributed by atoms with Gasteiger partial charge in [-0.1, -0.05) is 15.9 Å². The average molecular weight is 480 g/mol. The Hall–Kier alpha value is -2.23. The van der Waals surface area contributed by atoms with Crippen molar-refractivity contribution in [2.24, 2.45) is 0 Å². The minimum Gasteiger partial charge on any atom is -0.463 e. The molecule has 0 aliphatic carbocycles. The van der Waals surface area contributed by atoms with Crippen LogP contribution in [0.2, 0.25) is 0 Å². The highest BCUT2D eigenvalue weighted by atomic mass is 79.9. The number of esters is 1. The molecule has 0 aliphatic heterocycles. The predicted octanol–water partition coefficient (Wildman–Crippen LogP) is 5.67. The van der Waals surface area contributed by atoms with E-state index < -0.39 is 36.9 Å². The molecule has 1 aromatic heterocycles. The van der Waals surface area contributed by atoms with Crippen LogP contribution >= 0.6 is 15.9 Å². The van der Waals surface area contributed by atoms with E-state index in [9.17, 15) is 22.8 Å². The third kappa shape index (κ3) is 6.38. The molecule has 0 spiro atoms. The summed E-state index contributed by atoms with van der Waals surface area (Å²) < 4.78 is 55.1. The van der Waals surface area contributed by atoms with Crippen molar-refractivity contribution in [2.75, 3.05) is 13.2 Å². The molecular formula is C19H21BrF3NO5. The van der Waals surface area contributed by atoms with Crippen molar-refractivity contribution >= 4 is 39.0 Å². The zero-order valence-corrected chi connectivity index (χ0v) is 17.9. The maximum Gasteiger partial charge on any atom is 0.410 e. The molecule has 2 rings (SSSR count). The summed E-state index contributed by atoms with van der Waals surface area (Å²) in [4.78, 5) is 25.0. The van der Waals surface area contributed by atoms with Gasteiger partial charge in [-0.15, -0.1) is 0 Å². The van der Waals surface area contributed by atoms with Gasteiger partial charge in [0.15, 0.2) is 0 Å². The van der Waals surface area contributed by atoms with Crippen molar-refractivity contribution in [3.05, 3.63) is 34.0 Å². The molecule has 2 aromatic rings. The van der Waals surface area contributed by atoms with Crippen LogP contribution in [0.5, 0.6) is 0 Å². The first-order valence-electron chi connectivity index (χ1n) is 8.72. The topological polar surface area (TPSA) is 69.0 Å². The van der Waals surface area contributed by atoms with E-state index in [0.29, 0.717) is 14.8 Å². The zero-order chi connectivity index (χ0) is 22.0. The number of halogens is 4. The lowest BCUT2D eigenvalue weighted by molar-refractivity contribution is -0.145. The smallest absolute Gasteiger partial charge is 0.410 e. The predicted molar refractivity (Wildman–Crippen MR) is 103 cm³/mol. The van der Waals surface area contributed by atoms with Gasteiger partial charge in [0.05, 0.1) is 13.2 Å². The molecule has 0 atom stereocenters. The summed E-state index contributed by atoms with van der Waals surface area (Å²) in [6, 6.07) is 3.12. The van der Waals surface area contributed by atoms with Crippen LogP contribution in [0.15, 0.2) is 27.3 Å². The molecule has 160 valence electrons. The average Bonchev–Trinajstić information content (AvgIpc) is 2.95. The van der Waals surface area contributed by atoms with E-state index in [1.54, 1.807) is 33.8 Å². The lowest BCUT2D eigenvalue weighted by Crippen LogP contribution is -2.41. The van der Waals surface area contributed by atoms with Gasteiger partial charge in [-0.2, -0.15) is 13.2 Å². The lowest BCUT2D eigenvalue weighted by Gasteiger charge is -2.28. The Morgan fingerprint density at radius 3 is 2.41 bits per heavy atom. The highest BCUT2D eigenvalue weighted by molar-refractivity contribution is 9.10. The van der Waals surface area contributed by atoms with E-state index in [4.69, 9.17) is 13.9 Å². The van der Waals surface area contributed by atoms with Gasteiger partial charge < -0.3 is 13.9 Å². The van der Waals surface area contributed by atoms with Crippen LogP contribution in [0.3, 0.4) is 0 Å². The lowest BCUT2D eigenvalue weighted by atomic mass is 10.1. The number of hydrogen-bond donors (Lipinski definition) is 0. The fourth-order valence-electron chi connectivity index (χ4n) is 2.59. The van der Waals surface area contributed by atoms with E-state index in [2.05, 4.69) is 15.9 Å². The van der Waals surface area contributed by atoms with Crippen LogP contribution in [0.4, 0.5) is 18.0 Å². The second-order valence-corrected chi connectivity index (χ2v) is 8.18. The van der Waals surface area contributed by atoms with E-state index >= 15 is 0 Å². The molecule has 6 nitrogen and oxygen atoms in total. The van der Waals surface area contributed by atoms with E-state index in [1.807, 2.05) is 0 Å². The fourth-order valence-corrected chi connectivity index (χ4v) is 3.09. The zero-order valence-electron chi connectivity index (χ0n) is 16.4. The summed E-state index contributed by atoms with van der Waals surface area (Å²) in [6.45, 7) is 4.56. The summed E-state index contributed by atoms with van der Waals surface area (Å²) in [5.41, 5.74) is -0.356. The molecule has 0 saturated carbocycles. The number of carbonyl (C=O) groups excluding carboxylic acids is 2. The summed E-state index contributed by atoms with van der Waals surface area (Å²) in [6.07, 6.45) is -4.55. The number of ether oxygens (including phenoxy) is 2. The van der Waals surface area contributed by atoms with Crippen LogP contribution < -0.4 is 0 Å². The molecule has 0 radical (unpaired) electrons. The molecule has 0 unspecified atom stereocenters. The van der Waals surface area contributed by atoms with Gasteiger partial charge in [0.1, 0.15) is 29.6 Å². The minimum absolute atomic E-state index is 0.143. The van der Waals surface area contributed by atoms with Crippen LogP contribution in [-0.4, -0.2) is 41.9 Å². The number of nitrogens with zero attached hydrogens (tertiary/aromatic N) is 1. The summed E-state index contributed by atoms with van der Waals surface area (Å²) in [7, 11) is 0. The number of carbonyl (C=O) groups is 2. The molecular weight excluding hydrogens is 459 g/mol. The number of benzene rings is 1. The van der Waals surface area contributed by atoms with E-state index in [1.165, 1.54) is 12.3 Å². The van der Waals surface area contributed by atoms with Crippen LogP contribution in [0.25, 0.3) is 11.0 Å². The van der Waals surface area contributed by atoms with Crippen molar-refractivity contribution in [2.45, 2.75) is 46.0 Å². The first-order chi connectivity index (χ1) is 13.3. The van der Waals surface area contributed by atoms with Crippen molar-refractivity contribution in [1.29, 1.82) is 0 Å². The van der Waals surface area contributed by atoms with Gasteiger partial charge in [-0.05, 0) is 39.8 Å². The second-order valence-electron chi connectivity index (χ2n) is 7.26. The van der Waals surface area contributed by atoms with Crippen molar-refractivity contribution < 1.29 is 36.7 Å². The number of amides is 1. The summed E-state index contributed by atoms with van der Waals surface area (Å²) >= 11 is 3.28. The Kier molecular flexibility index (Phi) is 6.87. The highest BCUT2D eigenvalue weighted by Gasteiger charge is 2.35. The molecule has 1 aromatic carbocycles. The van der Waals surface area contributed by atoms with Crippen LogP contribution in [0.1, 0.15) is 43.6 Å². The first kappa shape index (κ1) is 23.1. The second kappa shape index (κ2) is 8.64. The molecule has 10 heteroatoms. The Morgan fingerprint density at radius 1 is 1.21 bits per heavy atom. The minimum atomic E-state index is -4.62. The van der Waals surface area contributed by atoms with Crippen molar-refractivity contribution in [3.63, 3.8) is 0 Å². The van der Waals surface area contributed by atoms with Gasteiger partial charge in [0.25, 0.3) is 0 Å². The van der Waals surface area contributed by atoms with Crippen molar-refractivity contribution in [3.8, 4) is 0 Å². The Morgan fingerprint density at radius 2 is 1.86 bits per heavy atom. The molecule has 1 amide bonds. The number of hydrogen-bond acceptors (Lipinski definition) is 5. The van der Waals surface area contributed by atoms with Crippen LogP contribution in [-0.2, 0) is 16.0 Å². The normalized spacial score (nSPS) is 12.1. The number of rotatable bonds is 5. The van der Waals surface area contributed by atoms with Gasteiger partial charge in [0, 0.05) is 15.4 Å². The monoisotopic (exact) mass is 479 g/mol. The van der Waals surface area contributed by atoms with Gasteiger partial charge in [0.2, 0.25) is 0 Å². The molecule has 0 fully saturated rings. The van der Waals surface area contributed by atoms with Gasteiger partial charge in [-0.25, -0.2) is 9.59 Å². The fraction of sp³-hybridized carbons (Fsp3) is 0.474. The summed E-state index contributed by atoms with van der Waals surface area (Å²) in [5.74, 6) is -0.616. The SMILES string of the molecule is CCOC(=O)c1coc2c(CN(CC(F)(F)F)C(=O)OC(C)(C)C)cc(Br)cc12. The maximum atomic E-state index is 13.0. The van der Waals surface area contributed by atoms with Gasteiger partial charge in [-0.3, -0.25) is 4.90 Å². The van der Waals surface area contributed by atoms with E-state index in [-0.39, 0.29) is 23.3 Å². The maximum absolute atomic E-state index is 13.0. The quantitative estimate of drug-likeness (QED) is 0.516. The molecule has 1 heterocycles. The van der Waals surface area contributed by atoms with Crippen LogP contribution in [0, 0.1) is 0 Å². The number of furan rings is 1. The molecule has 0 aliphatic rings. The molecule has 0 bridgehead atoms. The van der Waals surface area contributed by atoms with E-state index in [0.717, 1.165) is 0 Å². The van der Waals surface area contributed by atoms with Gasteiger partial charge >= 0.3 is 18.2 Å². The Balaban J connectivity index is 2.44. The first-order valence-corrected chi connectivity index (χ1v) is 9.51. The third-order valence-electron chi connectivity index (χ3n) is 3.59. The Labute approximate surface area is 174 Å². The Bertz CT molecular complexity index is 902. The third-order valence-corrected chi connectivity index (χ3v) is 4.05. The molecule has 0 N–H and O–H groups in total. The number of fused-ring (bicyclic) bond motifs is 1. The standard InChI is InChI=1S/C19H21BrF3NO5/c1-5-27-16(25)14-9-28-15-11(6-12(20)7-13(14)15)8-24(10-19(21,22)23)17(26)29-18(2,3)4/h6-7,9H,5,8,10H2,1-4H3.